The van der Waals surface area contributed by atoms with Gasteiger partial charge in [-0.05, 0) is 24.7 Å². The third-order valence-electron chi connectivity index (χ3n) is 3.38. The number of nitrogens with one attached hydrogen (secondary N) is 2. The second-order valence-corrected chi connectivity index (χ2v) is 5.12. The fourth-order valence-electron chi connectivity index (χ4n) is 2.37. The number of morpholine rings is 1. The van der Waals surface area contributed by atoms with Gasteiger partial charge in [0.1, 0.15) is 6.04 Å². The number of rotatable bonds is 4. The first-order valence-electron chi connectivity index (χ1n) is 6.66. The van der Waals surface area contributed by atoms with Gasteiger partial charge in [-0.25, -0.2) is 0 Å². The van der Waals surface area contributed by atoms with E-state index in [2.05, 4.69) is 10.6 Å². The summed E-state index contributed by atoms with van der Waals surface area (Å²) in [7, 11) is 3.53. The zero-order valence-corrected chi connectivity index (χ0v) is 12.5. The molecule has 6 heteroatoms. The molecule has 0 radical (unpaired) electrons. The molecule has 1 saturated heterocycles. The lowest BCUT2D eigenvalue weighted by Gasteiger charge is -2.36. The summed E-state index contributed by atoms with van der Waals surface area (Å²) in [5, 5.41) is 6.42. The second-order valence-electron chi connectivity index (χ2n) is 4.71. The molecule has 1 fully saturated rings. The number of ether oxygens (including phenoxy) is 1. The summed E-state index contributed by atoms with van der Waals surface area (Å²) in [6.07, 6.45) is 0. The van der Waals surface area contributed by atoms with Gasteiger partial charge in [-0.15, -0.1) is 0 Å². The van der Waals surface area contributed by atoms with Crippen LogP contribution in [0.4, 0.5) is 5.69 Å². The highest BCUT2D eigenvalue weighted by Gasteiger charge is 2.30. The highest BCUT2D eigenvalue weighted by molar-refractivity contribution is 6.33. The number of nitrogens with zero attached hydrogens (tertiary/aromatic N) is 1. The molecule has 2 rings (SSSR count). The van der Waals surface area contributed by atoms with Gasteiger partial charge in [-0.2, -0.15) is 0 Å². The molecule has 20 heavy (non-hydrogen) atoms. The van der Waals surface area contributed by atoms with E-state index < -0.39 is 0 Å². The molecule has 1 unspecified atom stereocenters. The predicted molar refractivity (Wildman–Crippen MR) is 80.2 cm³/mol. The average molecular weight is 298 g/mol. The summed E-state index contributed by atoms with van der Waals surface area (Å²) in [6.45, 7) is 2.40. The highest BCUT2D eigenvalue weighted by Crippen LogP contribution is 2.29. The predicted octanol–water partition coefficient (Wildman–Crippen LogP) is 1.01. The van der Waals surface area contributed by atoms with Crippen molar-refractivity contribution in [3.63, 3.8) is 0 Å². The molecule has 0 aromatic heterocycles. The fraction of sp³-hybridized carbons (Fsp3) is 0.500. The molecule has 110 valence electrons. The van der Waals surface area contributed by atoms with E-state index >= 15 is 0 Å². The van der Waals surface area contributed by atoms with Crippen LogP contribution in [-0.2, 0) is 16.1 Å². The first-order valence-corrected chi connectivity index (χ1v) is 7.04. The molecule has 1 aliphatic heterocycles. The minimum absolute atomic E-state index is 0.0555. The summed E-state index contributed by atoms with van der Waals surface area (Å²) >= 11 is 6.37. The van der Waals surface area contributed by atoms with E-state index in [0.717, 1.165) is 17.8 Å². The van der Waals surface area contributed by atoms with Gasteiger partial charge in [-0.1, -0.05) is 17.7 Å². The van der Waals surface area contributed by atoms with Gasteiger partial charge in [-0.3, -0.25) is 4.79 Å². The van der Waals surface area contributed by atoms with Crippen molar-refractivity contribution in [2.45, 2.75) is 12.6 Å². The highest BCUT2D eigenvalue weighted by atomic mass is 35.5. The van der Waals surface area contributed by atoms with Crippen LogP contribution in [-0.4, -0.2) is 45.8 Å². The average Bonchev–Trinajstić information content (AvgIpc) is 2.47. The van der Waals surface area contributed by atoms with Gasteiger partial charge in [0.2, 0.25) is 5.91 Å². The normalized spacial score (nSPS) is 18.9. The van der Waals surface area contributed by atoms with Crippen LogP contribution in [0.25, 0.3) is 0 Å². The van der Waals surface area contributed by atoms with E-state index in [-0.39, 0.29) is 11.9 Å². The molecule has 0 aliphatic carbocycles. The molecule has 1 aromatic rings. The van der Waals surface area contributed by atoms with E-state index in [0.29, 0.717) is 24.8 Å². The number of hydrogen-bond donors (Lipinski definition) is 2. The summed E-state index contributed by atoms with van der Waals surface area (Å²) in [6, 6.07) is 5.59. The largest absolute Gasteiger partial charge is 0.377 e. The summed E-state index contributed by atoms with van der Waals surface area (Å²) < 4.78 is 5.40. The fourth-order valence-corrected chi connectivity index (χ4v) is 2.68. The third kappa shape index (κ3) is 3.23. The van der Waals surface area contributed by atoms with E-state index in [1.165, 1.54) is 0 Å². The number of carbonyl (C=O) groups excluding carboxylic acids is 1. The number of benzene rings is 1. The maximum atomic E-state index is 11.9. The van der Waals surface area contributed by atoms with Crippen LogP contribution in [0.15, 0.2) is 18.2 Å². The van der Waals surface area contributed by atoms with Gasteiger partial charge in [0.25, 0.3) is 0 Å². The number of amides is 1. The minimum atomic E-state index is -0.332. The zero-order chi connectivity index (χ0) is 14.5. The van der Waals surface area contributed by atoms with Crippen molar-refractivity contribution in [1.82, 2.24) is 10.6 Å². The number of hydrogen-bond acceptors (Lipinski definition) is 4. The van der Waals surface area contributed by atoms with Crippen LogP contribution in [0, 0.1) is 0 Å². The van der Waals surface area contributed by atoms with E-state index in [1.807, 2.05) is 30.1 Å². The van der Waals surface area contributed by atoms with Crippen LogP contribution < -0.4 is 15.5 Å². The lowest BCUT2D eigenvalue weighted by molar-refractivity contribution is -0.124. The van der Waals surface area contributed by atoms with Crippen molar-refractivity contribution >= 4 is 23.2 Å². The Kier molecular flexibility index (Phi) is 5.23. The molecular formula is C14H20ClN3O2. The van der Waals surface area contributed by atoms with Crippen LogP contribution >= 0.6 is 11.6 Å². The summed E-state index contributed by atoms with van der Waals surface area (Å²) in [5.41, 5.74) is 1.99. The number of halogens is 1. The Hall–Kier alpha value is -1.30. The minimum Gasteiger partial charge on any atom is -0.377 e. The monoisotopic (exact) mass is 297 g/mol. The van der Waals surface area contributed by atoms with Gasteiger partial charge < -0.3 is 20.3 Å². The van der Waals surface area contributed by atoms with E-state index in [9.17, 15) is 4.79 Å². The Morgan fingerprint density at radius 2 is 2.30 bits per heavy atom. The zero-order valence-electron chi connectivity index (χ0n) is 11.8. The lowest BCUT2D eigenvalue weighted by atomic mass is 10.1. The molecule has 0 saturated carbocycles. The summed E-state index contributed by atoms with van der Waals surface area (Å²) in [5.74, 6) is -0.0555. The molecule has 0 bridgehead atoms. The van der Waals surface area contributed by atoms with Gasteiger partial charge in [0.15, 0.2) is 0 Å². The van der Waals surface area contributed by atoms with Crippen LogP contribution in [0.3, 0.4) is 0 Å². The van der Waals surface area contributed by atoms with Crippen molar-refractivity contribution in [1.29, 1.82) is 0 Å². The second kappa shape index (κ2) is 6.92. The van der Waals surface area contributed by atoms with Crippen LogP contribution in [0.5, 0.6) is 0 Å². The quantitative estimate of drug-likeness (QED) is 0.871. The molecule has 1 amide bonds. The smallest absolute Gasteiger partial charge is 0.244 e. The van der Waals surface area contributed by atoms with Crippen molar-refractivity contribution < 1.29 is 9.53 Å². The molecular weight excluding hydrogens is 278 g/mol. The van der Waals surface area contributed by atoms with Gasteiger partial charge >= 0.3 is 0 Å². The topological polar surface area (TPSA) is 53.6 Å². The Balaban J connectivity index is 2.25. The van der Waals surface area contributed by atoms with E-state index in [4.69, 9.17) is 16.3 Å². The molecule has 1 atom stereocenters. The van der Waals surface area contributed by atoms with Crippen molar-refractivity contribution in [3.05, 3.63) is 28.8 Å². The Morgan fingerprint density at radius 3 is 2.95 bits per heavy atom. The number of carbonyl (C=O) groups is 1. The Bertz CT molecular complexity index is 481. The van der Waals surface area contributed by atoms with E-state index in [1.54, 1.807) is 7.05 Å². The first kappa shape index (κ1) is 15.1. The number of anilines is 1. The van der Waals surface area contributed by atoms with Crippen LogP contribution in [0.2, 0.25) is 5.02 Å². The Morgan fingerprint density at radius 1 is 1.50 bits per heavy atom. The van der Waals surface area contributed by atoms with Gasteiger partial charge in [0.05, 0.1) is 23.9 Å². The Labute approximate surface area is 124 Å². The van der Waals surface area contributed by atoms with Gasteiger partial charge in [0, 0.05) is 20.1 Å². The summed E-state index contributed by atoms with van der Waals surface area (Å²) in [4.78, 5) is 14.0. The molecule has 1 heterocycles. The first-order chi connectivity index (χ1) is 9.67. The van der Waals surface area contributed by atoms with Crippen molar-refractivity contribution in [2.75, 3.05) is 38.8 Å². The maximum Gasteiger partial charge on any atom is 0.244 e. The molecule has 2 N–H and O–H groups in total. The van der Waals surface area contributed by atoms with Crippen molar-refractivity contribution in [3.8, 4) is 0 Å². The van der Waals surface area contributed by atoms with Crippen molar-refractivity contribution in [2.24, 2.45) is 0 Å². The lowest BCUT2D eigenvalue weighted by Crippen LogP contribution is -2.53. The molecule has 0 spiro atoms. The molecule has 1 aliphatic rings. The number of likely N-dealkylation sites (N-methyl/N-ethyl adjacent to an activating group) is 1. The SMILES string of the molecule is CNCc1ccc(N2CCOCC2C(=O)NC)c(Cl)c1. The standard InChI is InChI=1S/C14H20ClN3O2/c1-16-8-10-3-4-12(11(15)7-10)18-5-6-20-9-13(18)14(19)17-2/h3-4,7,13,16H,5-6,8-9H2,1-2H3,(H,17,19). The molecule has 5 nitrogen and oxygen atoms in total. The maximum absolute atomic E-state index is 11.9. The third-order valence-corrected chi connectivity index (χ3v) is 3.68. The molecule has 1 aromatic carbocycles. The van der Waals surface area contributed by atoms with Crippen LogP contribution in [0.1, 0.15) is 5.56 Å².